The average molecular weight is 269 g/mol. The molecule has 0 bridgehead atoms. The van der Waals surface area contributed by atoms with Crippen LogP contribution >= 0.6 is 0 Å². The molecule has 3 rings (SSSR count). The van der Waals surface area contributed by atoms with Crippen molar-refractivity contribution < 1.29 is 4.74 Å². The number of ether oxygens (including phenoxy) is 1. The van der Waals surface area contributed by atoms with Crippen molar-refractivity contribution >= 4 is 10.8 Å². The van der Waals surface area contributed by atoms with E-state index >= 15 is 0 Å². The van der Waals surface area contributed by atoms with Gasteiger partial charge in [0.15, 0.2) is 0 Å². The van der Waals surface area contributed by atoms with E-state index in [4.69, 9.17) is 4.74 Å². The van der Waals surface area contributed by atoms with Gasteiger partial charge in [0, 0.05) is 6.04 Å². The van der Waals surface area contributed by atoms with E-state index < -0.39 is 0 Å². The zero-order chi connectivity index (χ0) is 13.9. The summed E-state index contributed by atoms with van der Waals surface area (Å²) in [6, 6.07) is 13.6. The first-order valence-electron chi connectivity index (χ1n) is 7.63. The van der Waals surface area contributed by atoms with Crippen LogP contribution in [-0.4, -0.2) is 13.7 Å². The molecule has 2 nitrogen and oxygen atoms in total. The quantitative estimate of drug-likeness (QED) is 0.844. The van der Waals surface area contributed by atoms with E-state index in [1.54, 1.807) is 7.11 Å². The van der Waals surface area contributed by atoms with E-state index in [0.29, 0.717) is 6.04 Å². The molecule has 1 saturated carbocycles. The zero-order valence-electron chi connectivity index (χ0n) is 12.4. The molecule has 2 heteroatoms. The number of rotatable bonds is 6. The minimum absolute atomic E-state index is 0.529. The van der Waals surface area contributed by atoms with Crippen LogP contribution in [0.25, 0.3) is 10.8 Å². The van der Waals surface area contributed by atoms with Crippen LogP contribution in [0.5, 0.6) is 5.75 Å². The van der Waals surface area contributed by atoms with Crippen molar-refractivity contribution in [2.24, 2.45) is 5.92 Å². The third-order valence-electron chi connectivity index (χ3n) is 4.14. The SMILES string of the molecule is CCCNC(c1ccc2cc(OC)ccc2c1)C1CC1. The first kappa shape index (κ1) is 13.4. The third kappa shape index (κ3) is 2.80. The van der Waals surface area contributed by atoms with Crippen molar-refractivity contribution in [3.05, 3.63) is 42.0 Å². The summed E-state index contributed by atoms with van der Waals surface area (Å²) in [6.45, 7) is 3.32. The number of hydrogen-bond donors (Lipinski definition) is 1. The molecule has 1 fully saturated rings. The highest BCUT2D eigenvalue weighted by atomic mass is 16.5. The van der Waals surface area contributed by atoms with Crippen LogP contribution in [0.1, 0.15) is 37.8 Å². The lowest BCUT2D eigenvalue weighted by atomic mass is 9.98. The normalized spacial score (nSPS) is 16.3. The summed E-state index contributed by atoms with van der Waals surface area (Å²) in [4.78, 5) is 0. The Bertz CT molecular complexity index is 589. The summed E-state index contributed by atoms with van der Waals surface area (Å²) in [5.74, 6) is 1.75. The standard InChI is InChI=1S/C18H23NO/c1-3-10-19-18(13-4-5-13)16-7-6-15-12-17(20-2)9-8-14(15)11-16/h6-9,11-13,18-19H,3-5,10H2,1-2H3. The highest BCUT2D eigenvalue weighted by Gasteiger charge is 2.31. The van der Waals surface area contributed by atoms with Crippen LogP contribution in [0.15, 0.2) is 36.4 Å². The van der Waals surface area contributed by atoms with Gasteiger partial charge < -0.3 is 10.1 Å². The summed E-state index contributed by atoms with van der Waals surface area (Å²) >= 11 is 0. The average Bonchev–Trinajstić information content (AvgIpc) is 3.32. The molecule has 1 unspecified atom stereocenters. The first-order chi connectivity index (χ1) is 9.81. The second kappa shape index (κ2) is 5.84. The molecule has 1 aliphatic carbocycles. The van der Waals surface area contributed by atoms with Gasteiger partial charge in [0.05, 0.1) is 7.11 Å². The van der Waals surface area contributed by atoms with Gasteiger partial charge in [-0.05, 0) is 66.3 Å². The summed E-state index contributed by atoms with van der Waals surface area (Å²) in [7, 11) is 1.72. The maximum Gasteiger partial charge on any atom is 0.119 e. The van der Waals surface area contributed by atoms with Gasteiger partial charge in [-0.2, -0.15) is 0 Å². The van der Waals surface area contributed by atoms with Gasteiger partial charge in [-0.3, -0.25) is 0 Å². The molecule has 0 aromatic heterocycles. The predicted molar refractivity (Wildman–Crippen MR) is 84.3 cm³/mol. The van der Waals surface area contributed by atoms with E-state index in [1.165, 1.54) is 35.6 Å². The highest BCUT2D eigenvalue weighted by molar-refractivity contribution is 5.84. The maximum atomic E-state index is 5.29. The fourth-order valence-electron chi connectivity index (χ4n) is 2.85. The summed E-state index contributed by atoms with van der Waals surface area (Å²) in [5.41, 5.74) is 1.43. The van der Waals surface area contributed by atoms with E-state index in [0.717, 1.165) is 18.2 Å². The lowest BCUT2D eigenvalue weighted by Crippen LogP contribution is -2.23. The molecule has 2 aromatic carbocycles. The lowest BCUT2D eigenvalue weighted by molar-refractivity contribution is 0.415. The molecule has 0 aliphatic heterocycles. The van der Waals surface area contributed by atoms with Crippen LogP contribution in [0.4, 0.5) is 0 Å². The fourth-order valence-corrected chi connectivity index (χ4v) is 2.85. The van der Waals surface area contributed by atoms with Gasteiger partial charge >= 0.3 is 0 Å². The first-order valence-corrected chi connectivity index (χ1v) is 7.63. The Hall–Kier alpha value is -1.54. The van der Waals surface area contributed by atoms with Crippen LogP contribution in [0.3, 0.4) is 0 Å². The fraction of sp³-hybridized carbons (Fsp3) is 0.444. The van der Waals surface area contributed by atoms with Crippen LogP contribution < -0.4 is 10.1 Å². The van der Waals surface area contributed by atoms with E-state index in [1.807, 2.05) is 6.07 Å². The molecule has 0 spiro atoms. The molecular weight excluding hydrogens is 246 g/mol. The monoisotopic (exact) mass is 269 g/mol. The Morgan fingerprint density at radius 3 is 2.60 bits per heavy atom. The van der Waals surface area contributed by atoms with Gasteiger partial charge in [0.1, 0.15) is 5.75 Å². The van der Waals surface area contributed by atoms with Crippen molar-refractivity contribution in [1.29, 1.82) is 0 Å². The summed E-state index contributed by atoms with van der Waals surface area (Å²) in [6.07, 6.45) is 3.91. The number of fused-ring (bicyclic) bond motifs is 1. The summed E-state index contributed by atoms with van der Waals surface area (Å²) in [5, 5.41) is 6.26. The van der Waals surface area contributed by atoms with E-state index in [2.05, 4.69) is 42.6 Å². The Balaban J connectivity index is 1.90. The topological polar surface area (TPSA) is 21.3 Å². The molecule has 20 heavy (non-hydrogen) atoms. The maximum absolute atomic E-state index is 5.29. The zero-order valence-corrected chi connectivity index (χ0v) is 12.4. The van der Waals surface area contributed by atoms with Crippen molar-refractivity contribution in [3.8, 4) is 5.75 Å². The number of benzene rings is 2. The Morgan fingerprint density at radius 1 is 1.15 bits per heavy atom. The highest BCUT2D eigenvalue weighted by Crippen LogP contribution is 2.41. The van der Waals surface area contributed by atoms with Crippen molar-refractivity contribution in [2.75, 3.05) is 13.7 Å². The van der Waals surface area contributed by atoms with Gasteiger partial charge in [0.25, 0.3) is 0 Å². The predicted octanol–water partition coefficient (Wildman–Crippen LogP) is 4.30. The number of hydrogen-bond acceptors (Lipinski definition) is 2. The molecule has 0 amide bonds. The minimum atomic E-state index is 0.529. The second-order valence-electron chi connectivity index (χ2n) is 5.74. The molecule has 1 aliphatic rings. The second-order valence-corrected chi connectivity index (χ2v) is 5.74. The van der Waals surface area contributed by atoms with Gasteiger partial charge in [-0.15, -0.1) is 0 Å². The number of nitrogens with one attached hydrogen (secondary N) is 1. The Kier molecular flexibility index (Phi) is 3.93. The number of methoxy groups -OCH3 is 1. The van der Waals surface area contributed by atoms with Crippen LogP contribution in [0, 0.1) is 5.92 Å². The lowest BCUT2D eigenvalue weighted by Gasteiger charge is -2.19. The molecular formula is C18H23NO. The van der Waals surface area contributed by atoms with E-state index in [-0.39, 0.29) is 0 Å². The van der Waals surface area contributed by atoms with E-state index in [9.17, 15) is 0 Å². The smallest absolute Gasteiger partial charge is 0.119 e. The third-order valence-corrected chi connectivity index (χ3v) is 4.14. The molecule has 1 N–H and O–H groups in total. The van der Waals surface area contributed by atoms with Crippen molar-refractivity contribution in [1.82, 2.24) is 5.32 Å². The molecule has 0 saturated heterocycles. The Labute approximate surface area is 121 Å². The van der Waals surface area contributed by atoms with Crippen LogP contribution in [0.2, 0.25) is 0 Å². The molecule has 106 valence electrons. The summed E-state index contributed by atoms with van der Waals surface area (Å²) < 4.78 is 5.29. The molecule has 0 heterocycles. The van der Waals surface area contributed by atoms with Crippen molar-refractivity contribution in [2.45, 2.75) is 32.2 Å². The van der Waals surface area contributed by atoms with Gasteiger partial charge in [-0.25, -0.2) is 0 Å². The molecule has 2 aromatic rings. The minimum Gasteiger partial charge on any atom is -0.497 e. The van der Waals surface area contributed by atoms with Gasteiger partial charge in [-0.1, -0.05) is 25.1 Å². The Morgan fingerprint density at radius 2 is 1.90 bits per heavy atom. The van der Waals surface area contributed by atoms with Gasteiger partial charge in [0.2, 0.25) is 0 Å². The largest absolute Gasteiger partial charge is 0.497 e. The van der Waals surface area contributed by atoms with Crippen LogP contribution in [-0.2, 0) is 0 Å². The molecule has 0 radical (unpaired) electrons. The molecule has 1 atom stereocenters. The van der Waals surface area contributed by atoms with Crippen molar-refractivity contribution in [3.63, 3.8) is 0 Å².